The van der Waals surface area contributed by atoms with Crippen molar-refractivity contribution in [2.24, 2.45) is 11.8 Å². The summed E-state index contributed by atoms with van der Waals surface area (Å²) < 4.78 is 16.9. The van der Waals surface area contributed by atoms with Crippen LogP contribution in [0.5, 0.6) is 0 Å². The molecule has 1 unspecified atom stereocenters. The lowest BCUT2D eigenvalue weighted by atomic mass is 10.1. The fourth-order valence-corrected chi connectivity index (χ4v) is 2.52. The van der Waals surface area contributed by atoms with Gasteiger partial charge in [-0.05, 0) is 11.8 Å². The molecule has 1 rings (SSSR count). The van der Waals surface area contributed by atoms with E-state index in [1.54, 1.807) is 0 Å². The number of hydrogen-bond donors (Lipinski definition) is 1. The first-order chi connectivity index (χ1) is 6.68. The molecule has 0 amide bonds. The minimum absolute atomic E-state index is 0.569. The summed E-state index contributed by atoms with van der Waals surface area (Å²) in [6.07, 6.45) is 0. The lowest BCUT2D eigenvalue weighted by Crippen LogP contribution is -2.45. The van der Waals surface area contributed by atoms with Gasteiger partial charge in [-0.2, -0.15) is 0 Å². The van der Waals surface area contributed by atoms with Crippen LogP contribution in [0, 0.1) is 11.8 Å². The highest BCUT2D eigenvalue weighted by Gasteiger charge is 2.18. The van der Waals surface area contributed by atoms with Gasteiger partial charge in [0, 0.05) is 42.0 Å². The van der Waals surface area contributed by atoms with E-state index in [1.807, 2.05) is 0 Å². The molecule has 14 heavy (non-hydrogen) atoms. The predicted octanol–water partition coefficient (Wildman–Crippen LogP) is 0.627. The molecule has 0 radical (unpaired) electrons. The van der Waals surface area contributed by atoms with E-state index in [4.69, 9.17) is 4.74 Å². The number of hydrogen-bond acceptors (Lipinski definition) is 3. The first-order valence-corrected chi connectivity index (χ1v) is 6.80. The highest BCUT2D eigenvalue weighted by Crippen LogP contribution is 2.04. The molecule has 0 aromatic carbocycles. The van der Waals surface area contributed by atoms with Crippen LogP contribution in [0.15, 0.2) is 0 Å². The van der Waals surface area contributed by atoms with Crippen molar-refractivity contribution in [3.8, 4) is 0 Å². The number of nitrogens with one attached hydrogen (secondary N) is 1. The van der Waals surface area contributed by atoms with Gasteiger partial charge in [0.1, 0.15) is 0 Å². The molecule has 3 nitrogen and oxygen atoms in total. The van der Waals surface area contributed by atoms with E-state index in [9.17, 15) is 4.21 Å². The van der Waals surface area contributed by atoms with Crippen LogP contribution < -0.4 is 5.32 Å². The van der Waals surface area contributed by atoms with Crippen LogP contribution in [-0.2, 0) is 15.5 Å². The van der Waals surface area contributed by atoms with Gasteiger partial charge in [0.15, 0.2) is 0 Å². The largest absolute Gasteiger partial charge is 0.380 e. The van der Waals surface area contributed by atoms with Crippen molar-refractivity contribution in [1.82, 2.24) is 5.32 Å². The Balaban J connectivity index is 1.92. The van der Waals surface area contributed by atoms with Crippen molar-refractivity contribution in [2.45, 2.75) is 13.8 Å². The average Bonchev–Trinajstić information content (AvgIpc) is 2.05. The van der Waals surface area contributed by atoms with E-state index in [0.717, 1.165) is 25.4 Å². The Kier molecular flexibility index (Phi) is 5.67. The fraction of sp³-hybridized carbons (Fsp3) is 1.00. The summed E-state index contributed by atoms with van der Waals surface area (Å²) in [7, 11) is -0.678. The third kappa shape index (κ3) is 5.08. The molecule has 0 aromatic rings. The number of ether oxygens (including phenoxy) is 1. The maximum Gasteiger partial charge on any atom is 0.0581 e. The van der Waals surface area contributed by atoms with Crippen molar-refractivity contribution < 1.29 is 8.95 Å². The van der Waals surface area contributed by atoms with Crippen LogP contribution in [0.1, 0.15) is 13.8 Å². The quantitative estimate of drug-likeness (QED) is 0.638. The minimum Gasteiger partial charge on any atom is -0.380 e. The molecule has 1 aliphatic rings. The van der Waals surface area contributed by atoms with Crippen LogP contribution in [0.25, 0.3) is 0 Å². The average molecular weight is 219 g/mol. The van der Waals surface area contributed by atoms with Crippen molar-refractivity contribution in [1.29, 1.82) is 0 Å². The zero-order valence-electron chi connectivity index (χ0n) is 9.12. The second kappa shape index (κ2) is 6.53. The summed E-state index contributed by atoms with van der Waals surface area (Å²) >= 11 is 0. The highest BCUT2D eigenvalue weighted by atomic mass is 32.2. The van der Waals surface area contributed by atoms with Gasteiger partial charge in [-0.15, -0.1) is 0 Å². The first-order valence-electron chi connectivity index (χ1n) is 5.32. The Bertz CT molecular complexity index is 181. The topological polar surface area (TPSA) is 38.3 Å². The smallest absolute Gasteiger partial charge is 0.0581 e. The minimum atomic E-state index is -0.678. The molecular formula is C10H21NO2S. The van der Waals surface area contributed by atoms with E-state index < -0.39 is 10.8 Å². The summed E-state index contributed by atoms with van der Waals surface area (Å²) in [6, 6.07) is 0. The van der Waals surface area contributed by atoms with Gasteiger partial charge in [0.05, 0.1) is 6.61 Å². The molecule has 4 heteroatoms. The lowest BCUT2D eigenvalue weighted by molar-refractivity contribution is 0.123. The molecule has 1 saturated heterocycles. The Morgan fingerprint density at radius 2 is 2.21 bits per heavy atom. The van der Waals surface area contributed by atoms with Gasteiger partial charge in [-0.1, -0.05) is 13.8 Å². The Labute approximate surface area is 89.1 Å². The Morgan fingerprint density at radius 3 is 2.71 bits per heavy atom. The summed E-state index contributed by atoms with van der Waals surface area (Å²) in [5.74, 6) is 2.75. The van der Waals surface area contributed by atoms with Gasteiger partial charge in [-0.3, -0.25) is 4.21 Å². The normalized spacial score (nSPS) is 19.6. The van der Waals surface area contributed by atoms with Gasteiger partial charge in [0.25, 0.3) is 0 Å². The van der Waals surface area contributed by atoms with Gasteiger partial charge < -0.3 is 10.1 Å². The van der Waals surface area contributed by atoms with E-state index in [0.29, 0.717) is 24.2 Å². The molecule has 84 valence electrons. The standard InChI is InChI=1S/C10H21NO2S/c1-9(2)7-13-3-4-14(12)8-10-5-11-6-10/h9-11H,3-8H2,1-2H3. The summed E-state index contributed by atoms with van der Waals surface area (Å²) in [5.41, 5.74) is 0. The molecule has 1 heterocycles. The molecule has 1 fully saturated rings. The van der Waals surface area contributed by atoms with Crippen LogP contribution in [0.4, 0.5) is 0 Å². The zero-order valence-corrected chi connectivity index (χ0v) is 9.94. The third-order valence-electron chi connectivity index (χ3n) is 2.19. The Hall–Kier alpha value is 0.0700. The van der Waals surface area contributed by atoms with Gasteiger partial charge in [-0.25, -0.2) is 0 Å². The van der Waals surface area contributed by atoms with Crippen LogP contribution >= 0.6 is 0 Å². The molecule has 1 aliphatic heterocycles. The molecule has 0 bridgehead atoms. The molecule has 1 atom stereocenters. The highest BCUT2D eigenvalue weighted by molar-refractivity contribution is 7.85. The second-order valence-corrected chi connectivity index (χ2v) is 5.92. The fourth-order valence-electron chi connectivity index (χ4n) is 1.28. The monoisotopic (exact) mass is 219 g/mol. The van der Waals surface area contributed by atoms with Crippen LogP contribution in [-0.4, -0.2) is 42.0 Å². The molecule has 0 spiro atoms. The number of rotatable bonds is 7. The van der Waals surface area contributed by atoms with Crippen LogP contribution in [0.3, 0.4) is 0 Å². The Morgan fingerprint density at radius 1 is 1.50 bits per heavy atom. The predicted molar refractivity (Wildman–Crippen MR) is 59.9 cm³/mol. The molecule has 0 saturated carbocycles. The van der Waals surface area contributed by atoms with Crippen molar-refractivity contribution in [3.63, 3.8) is 0 Å². The maximum atomic E-state index is 11.5. The molecule has 0 aliphatic carbocycles. The lowest BCUT2D eigenvalue weighted by Gasteiger charge is -2.26. The summed E-state index contributed by atoms with van der Waals surface area (Å²) in [5, 5.41) is 3.18. The molecule has 0 aromatic heterocycles. The summed E-state index contributed by atoms with van der Waals surface area (Å²) in [4.78, 5) is 0. The zero-order chi connectivity index (χ0) is 10.4. The molecular weight excluding hydrogens is 198 g/mol. The van der Waals surface area contributed by atoms with E-state index in [-0.39, 0.29) is 0 Å². The SMILES string of the molecule is CC(C)COCCS(=O)CC1CNC1. The third-order valence-corrected chi connectivity index (χ3v) is 3.66. The van der Waals surface area contributed by atoms with E-state index in [2.05, 4.69) is 19.2 Å². The molecule has 1 N–H and O–H groups in total. The second-order valence-electron chi connectivity index (χ2n) is 4.30. The van der Waals surface area contributed by atoms with Crippen molar-refractivity contribution in [3.05, 3.63) is 0 Å². The maximum absolute atomic E-state index is 11.5. The van der Waals surface area contributed by atoms with Crippen molar-refractivity contribution in [2.75, 3.05) is 37.8 Å². The van der Waals surface area contributed by atoms with Gasteiger partial charge >= 0.3 is 0 Å². The van der Waals surface area contributed by atoms with Crippen molar-refractivity contribution >= 4 is 10.8 Å². The summed E-state index contributed by atoms with van der Waals surface area (Å²) in [6.45, 7) is 7.75. The van der Waals surface area contributed by atoms with E-state index in [1.165, 1.54) is 0 Å². The first kappa shape index (κ1) is 12.1. The van der Waals surface area contributed by atoms with Crippen LogP contribution in [0.2, 0.25) is 0 Å². The van der Waals surface area contributed by atoms with Gasteiger partial charge in [0.2, 0.25) is 0 Å². The van der Waals surface area contributed by atoms with E-state index >= 15 is 0 Å².